The summed E-state index contributed by atoms with van der Waals surface area (Å²) in [6.07, 6.45) is 0. The second-order valence-electron chi connectivity index (χ2n) is 5.30. The van der Waals surface area contributed by atoms with Crippen molar-refractivity contribution < 1.29 is 0 Å². The van der Waals surface area contributed by atoms with Gasteiger partial charge in [-0.15, -0.1) is 0 Å². The second-order valence-corrected chi connectivity index (χ2v) is 7.25. The predicted molar refractivity (Wildman–Crippen MR) is 106 cm³/mol. The van der Waals surface area contributed by atoms with Gasteiger partial charge in [0, 0.05) is 20.6 Å². The third kappa shape index (κ3) is 3.36. The number of halogens is 1. The Bertz CT molecular complexity index is 1080. The first-order chi connectivity index (χ1) is 12.5. The molecule has 0 saturated heterocycles. The topological polar surface area (TPSA) is 113 Å². The van der Waals surface area contributed by atoms with Gasteiger partial charge < -0.3 is 11.5 Å². The fourth-order valence-corrected chi connectivity index (χ4v) is 3.82. The number of pyridine rings is 1. The zero-order valence-corrected chi connectivity index (χ0v) is 15.8. The van der Waals surface area contributed by atoms with Crippen LogP contribution in [-0.2, 0) is 0 Å². The molecule has 0 radical (unpaired) electrons. The van der Waals surface area contributed by atoms with E-state index >= 15 is 0 Å². The molecule has 4 N–H and O–H groups in total. The van der Waals surface area contributed by atoms with Gasteiger partial charge in [-0.3, -0.25) is 0 Å². The summed E-state index contributed by atoms with van der Waals surface area (Å²) in [5.41, 5.74) is 14.3. The normalized spacial score (nSPS) is 10.1. The molecule has 1 heterocycles. The number of nitrogens with zero attached hydrogens (tertiary/aromatic N) is 3. The number of aromatic nitrogens is 1. The van der Waals surface area contributed by atoms with E-state index in [1.54, 1.807) is 6.07 Å². The Labute approximate surface area is 163 Å². The fourth-order valence-electron chi connectivity index (χ4n) is 2.48. The highest BCUT2D eigenvalue weighted by atomic mass is 79.9. The molecule has 2 aromatic carbocycles. The van der Waals surface area contributed by atoms with Gasteiger partial charge in [-0.1, -0.05) is 52.0 Å². The molecule has 3 rings (SSSR count). The fraction of sp³-hybridized carbons (Fsp3) is 0. The lowest BCUT2D eigenvalue weighted by Crippen LogP contribution is -2.03. The average molecular weight is 422 g/mol. The van der Waals surface area contributed by atoms with Gasteiger partial charge in [0.05, 0.1) is 5.56 Å². The number of hydrogen-bond donors (Lipinski definition) is 2. The first-order valence-electron chi connectivity index (χ1n) is 7.47. The Kier molecular flexibility index (Phi) is 5.13. The van der Waals surface area contributed by atoms with Crippen LogP contribution in [-0.4, -0.2) is 4.98 Å². The van der Waals surface area contributed by atoms with Crippen LogP contribution >= 0.6 is 27.7 Å². The van der Waals surface area contributed by atoms with Crippen molar-refractivity contribution in [1.29, 1.82) is 10.5 Å². The maximum atomic E-state index is 9.79. The zero-order chi connectivity index (χ0) is 18.7. The number of benzene rings is 2. The summed E-state index contributed by atoms with van der Waals surface area (Å²) in [7, 11) is 0. The van der Waals surface area contributed by atoms with E-state index in [4.69, 9.17) is 11.5 Å². The molecule has 0 atom stereocenters. The molecule has 0 saturated carbocycles. The Morgan fingerprint density at radius 1 is 0.962 bits per heavy atom. The van der Waals surface area contributed by atoms with E-state index in [-0.39, 0.29) is 11.4 Å². The van der Waals surface area contributed by atoms with Gasteiger partial charge in [-0.2, -0.15) is 10.5 Å². The molecule has 3 aromatic rings. The van der Waals surface area contributed by atoms with Crippen LogP contribution in [0.5, 0.6) is 0 Å². The van der Waals surface area contributed by atoms with Gasteiger partial charge in [-0.05, 0) is 29.8 Å². The van der Waals surface area contributed by atoms with E-state index in [1.807, 2.05) is 42.5 Å². The number of anilines is 2. The third-order valence-electron chi connectivity index (χ3n) is 3.65. The molecule has 0 unspecified atom stereocenters. The Balaban J connectivity index is 2.27. The molecule has 0 bridgehead atoms. The lowest BCUT2D eigenvalue weighted by molar-refractivity contribution is 1.11. The summed E-state index contributed by atoms with van der Waals surface area (Å²) in [6, 6.07) is 18.9. The molecule has 0 aliphatic rings. The minimum atomic E-state index is 0.0819. The van der Waals surface area contributed by atoms with Crippen LogP contribution in [0.1, 0.15) is 11.1 Å². The van der Waals surface area contributed by atoms with Crippen molar-refractivity contribution in [3.05, 3.63) is 64.1 Å². The molecule has 5 nitrogen and oxygen atoms in total. The third-order valence-corrected chi connectivity index (χ3v) is 5.23. The average Bonchev–Trinajstić information content (AvgIpc) is 2.63. The highest BCUT2D eigenvalue weighted by Crippen LogP contribution is 2.39. The SMILES string of the molecule is N#Cc1c(N)nc(Sc2ccccc2N)c(C#N)c1-c1cccc(Br)c1. The number of nitrogen functional groups attached to an aromatic ring is 2. The van der Waals surface area contributed by atoms with Crippen molar-refractivity contribution in [2.24, 2.45) is 0 Å². The molecule has 26 heavy (non-hydrogen) atoms. The molecule has 1 aromatic heterocycles. The van der Waals surface area contributed by atoms with Gasteiger partial charge in [0.2, 0.25) is 0 Å². The molecule has 0 spiro atoms. The van der Waals surface area contributed by atoms with Gasteiger partial charge in [0.25, 0.3) is 0 Å². The van der Waals surface area contributed by atoms with Crippen molar-refractivity contribution in [3.63, 3.8) is 0 Å². The smallest absolute Gasteiger partial charge is 0.143 e. The van der Waals surface area contributed by atoms with Crippen molar-refractivity contribution >= 4 is 39.2 Å². The first-order valence-corrected chi connectivity index (χ1v) is 9.08. The van der Waals surface area contributed by atoms with Crippen LogP contribution < -0.4 is 11.5 Å². The van der Waals surface area contributed by atoms with Crippen LogP contribution in [0.3, 0.4) is 0 Å². The zero-order valence-electron chi connectivity index (χ0n) is 13.4. The standard InChI is InChI=1S/C19H12BrN5S/c20-12-5-3-4-11(8-12)17-13(9-21)18(24)25-19(14(17)10-22)26-16-7-2-1-6-15(16)23/h1-8H,23H2,(H2,24,25). The maximum Gasteiger partial charge on any atom is 0.143 e. The monoisotopic (exact) mass is 421 g/mol. The quantitative estimate of drug-likeness (QED) is 0.598. The minimum absolute atomic E-state index is 0.0819. The molecular weight excluding hydrogens is 410 g/mol. The number of rotatable bonds is 3. The van der Waals surface area contributed by atoms with E-state index in [9.17, 15) is 10.5 Å². The predicted octanol–water partition coefficient (Wildman–Crippen LogP) is 4.57. The molecule has 0 amide bonds. The molecule has 7 heteroatoms. The summed E-state index contributed by atoms with van der Waals surface area (Å²) in [5, 5.41) is 19.8. The molecule has 0 aliphatic heterocycles. The Morgan fingerprint density at radius 3 is 2.35 bits per heavy atom. The van der Waals surface area contributed by atoms with Gasteiger partial charge in [0.15, 0.2) is 0 Å². The highest BCUT2D eigenvalue weighted by molar-refractivity contribution is 9.10. The minimum Gasteiger partial charge on any atom is -0.398 e. The largest absolute Gasteiger partial charge is 0.398 e. The summed E-state index contributed by atoms with van der Waals surface area (Å²) >= 11 is 4.67. The Hall–Kier alpha value is -3.00. The molecule has 126 valence electrons. The summed E-state index contributed by atoms with van der Waals surface area (Å²) in [4.78, 5) is 5.05. The summed E-state index contributed by atoms with van der Waals surface area (Å²) in [5.74, 6) is 0.0819. The lowest BCUT2D eigenvalue weighted by Gasteiger charge is -2.13. The van der Waals surface area contributed by atoms with Gasteiger partial charge in [-0.25, -0.2) is 4.98 Å². The number of nitrogens with two attached hydrogens (primary N) is 2. The molecular formula is C19H12BrN5S. The van der Waals surface area contributed by atoms with Crippen molar-refractivity contribution in [3.8, 4) is 23.3 Å². The maximum absolute atomic E-state index is 9.79. The van der Waals surface area contributed by atoms with Crippen molar-refractivity contribution in [2.75, 3.05) is 11.5 Å². The van der Waals surface area contributed by atoms with Crippen molar-refractivity contribution in [1.82, 2.24) is 4.98 Å². The van der Waals surface area contributed by atoms with Gasteiger partial charge >= 0.3 is 0 Å². The first kappa shape index (κ1) is 17.8. The van der Waals surface area contributed by atoms with Crippen LogP contribution in [0.2, 0.25) is 0 Å². The van der Waals surface area contributed by atoms with E-state index in [2.05, 4.69) is 33.1 Å². The van der Waals surface area contributed by atoms with Crippen LogP contribution in [0, 0.1) is 22.7 Å². The van der Waals surface area contributed by atoms with E-state index in [0.717, 1.165) is 9.37 Å². The number of para-hydroxylation sites is 1. The molecule has 0 fully saturated rings. The Morgan fingerprint density at radius 2 is 1.69 bits per heavy atom. The summed E-state index contributed by atoms with van der Waals surface area (Å²) < 4.78 is 0.833. The number of nitriles is 2. The van der Waals surface area contributed by atoms with Crippen LogP contribution in [0.25, 0.3) is 11.1 Å². The van der Waals surface area contributed by atoms with E-state index in [1.165, 1.54) is 11.8 Å². The van der Waals surface area contributed by atoms with Crippen LogP contribution in [0.4, 0.5) is 11.5 Å². The summed E-state index contributed by atoms with van der Waals surface area (Å²) in [6.45, 7) is 0. The van der Waals surface area contributed by atoms with E-state index in [0.29, 0.717) is 27.4 Å². The highest BCUT2D eigenvalue weighted by Gasteiger charge is 2.21. The lowest BCUT2D eigenvalue weighted by atomic mass is 9.97. The molecule has 0 aliphatic carbocycles. The van der Waals surface area contributed by atoms with Crippen LogP contribution in [0.15, 0.2) is 62.9 Å². The van der Waals surface area contributed by atoms with Crippen molar-refractivity contribution in [2.45, 2.75) is 9.92 Å². The van der Waals surface area contributed by atoms with Gasteiger partial charge in [0.1, 0.15) is 28.5 Å². The second kappa shape index (κ2) is 7.49. The number of hydrogen-bond acceptors (Lipinski definition) is 6. The van der Waals surface area contributed by atoms with E-state index < -0.39 is 0 Å².